The van der Waals surface area contributed by atoms with Gasteiger partial charge in [0.25, 0.3) is 5.91 Å². The predicted molar refractivity (Wildman–Crippen MR) is 86.3 cm³/mol. The van der Waals surface area contributed by atoms with E-state index in [0.29, 0.717) is 11.3 Å². The van der Waals surface area contributed by atoms with Crippen molar-refractivity contribution in [1.29, 1.82) is 10.5 Å². The van der Waals surface area contributed by atoms with E-state index in [1.807, 2.05) is 12.1 Å². The van der Waals surface area contributed by atoms with E-state index in [2.05, 4.69) is 5.32 Å². The van der Waals surface area contributed by atoms with Crippen molar-refractivity contribution in [3.8, 4) is 12.1 Å². The summed E-state index contributed by atoms with van der Waals surface area (Å²) in [6, 6.07) is 10.7. The van der Waals surface area contributed by atoms with Crippen LogP contribution >= 0.6 is 0 Å². The number of hydrogen-bond acceptors (Lipinski definition) is 4. The highest BCUT2D eigenvalue weighted by molar-refractivity contribution is 5.97. The minimum absolute atomic E-state index is 0.125. The highest BCUT2D eigenvalue weighted by Gasteiger charge is 2.16. The van der Waals surface area contributed by atoms with Crippen molar-refractivity contribution >= 4 is 17.5 Å². The van der Waals surface area contributed by atoms with E-state index in [0.717, 1.165) is 0 Å². The molecule has 120 valence electrons. The zero-order valence-electron chi connectivity index (χ0n) is 13.4. The molecule has 0 saturated carbocycles. The highest BCUT2D eigenvalue weighted by Crippen LogP contribution is 2.14. The lowest BCUT2D eigenvalue weighted by atomic mass is 10.1. The van der Waals surface area contributed by atoms with Crippen LogP contribution in [0.25, 0.3) is 0 Å². The standard InChI is InChI=1S/C17H20N4O2/c1-13(2)16(22)20-15-7-3-6-14(12-15)17(23)21(10-4-8-18)11-5-9-19/h3,6-7,12-13H,4-5,10-11H2,1-2H3,(H,20,22). The SMILES string of the molecule is CC(C)C(=O)Nc1cccc(C(=O)N(CCC#N)CCC#N)c1. The Hall–Kier alpha value is -2.86. The maximum absolute atomic E-state index is 12.5. The molecule has 0 heterocycles. The molecule has 0 atom stereocenters. The van der Waals surface area contributed by atoms with Crippen LogP contribution in [0, 0.1) is 28.6 Å². The topological polar surface area (TPSA) is 97.0 Å². The first-order valence-corrected chi connectivity index (χ1v) is 7.43. The van der Waals surface area contributed by atoms with Crippen LogP contribution in [0.3, 0.4) is 0 Å². The monoisotopic (exact) mass is 312 g/mol. The lowest BCUT2D eigenvalue weighted by Crippen LogP contribution is -2.32. The first-order chi connectivity index (χ1) is 11.0. The molecule has 0 saturated heterocycles. The molecular formula is C17H20N4O2. The summed E-state index contributed by atoms with van der Waals surface area (Å²) in [6.45, 7) is 4.13. The highest BCUT2D eigenvalue weighted by atomic mass is 16.2. The van der Waals surface area contributed by atoms with Crippen LogP contribution in [0.2, 0.25) is 0 Å². The quantitative estimate of drug-likeness (QED) is 0.836. The van der Waals surface area contributed by atoms with Crippen molar-refractivity contribution in [2.45, 2.75) is 26.7 Å². The minimum atomic E-state index is -0.254. The number of nitrogens with one attached hydrogen (secondary N) is 1. The molecule has 0 aliphatic carbocycles. The van der Waals surface area contributed by atoms with Gasteiger partial charge in [0.2, 0.25) is 5.91 Å². The second-order valence-corrected chi connectivity index (χ2v) is 5.33. The molecule has 0 aliphatic rings. The van der Waals surface area contributed by atoms with Crippen LogP contribution in [0.5, 0.6) is 0 Å². The van der Waals surface area contributed by atoms with Gasteiger partial charge < -0.3 is 10.2 Å². The third kappa shape index (κ3) is 5.80. The van der Waals surface area contributed by atoms with Crippen molar-refractivity contribution in [2.75, 3.05) is 18.4 Å². The molecule has 1 aromatic rings. The van der Waals surface area contributed by atoms with E-state index < -0.39 is 0 Å². The Labute approximate surface area is 136 Å². The molecule has 0 unspecified atom stereocenters. The Kier molecular flexibility index (Phi) is 7.29. The molecule has 0 fully saturated rings. The molecule has 2 amide bonds. The lowest BCUT2D eigenvalue weighted by molar-refractivity contribution is -0.118. The van der Waals surface area contributed by atoms with E-state index >= 15 is 0 Å². The van der Waals surface area contributed by atoms with E-state index in [4.69, 9.17) is 10.5 Å². The third-order valence-corrected chi connectivity index (χ3v) is 3.18. The number of carbonyl (C=O) groups is 2. The predicted octanol–water partition coefficient (Wildman–Crippen LogP) is 2.55. The number of anilines is 1. The molecular weight excluding hydrogens is 292 g/mol. The molecule has 6 heteroatoms. The second kappa shape index (κ2) is 9.22. The third-order valence-electron chi connectivity index (χ3n) is 3.18. The summed E-state index contributed by atoms with van der Waals surface area (Å²) in [4.78, 5) is 25.7. The molecule has 0 aromatic heterocycles. The summed E-state index contributed by atoms with van der Waals surface area (Å²) in [6.07, 6.45) is 0.419. The molecule has 0 aliphatic heterocycles. The zero-order valence-corrected chi connectivity index (χ0v) is 13.4. The van der Waals surface area contributed by atoms with Gasteiger partial charge in [-0.15, -0.1) is 0 Å². The second-order valence-electron chi connectivity index (χ2n) is 5.33. The number of hydrogen-bond donors (Lipinski definition) is 1. The Morgan fingerprint density at radius 3 is 2.30 bits per heavy atom. The van der Waals surface area contributed by atoms with Gasteiger partial charge in [-0.1, -0.05) is 19.9 Å². The Morgan fingerprint density at radius 2 is 1.78 bits per heavy atom. The first kappa shape index (κ1) is 18.2. The molecule has 1 aromatic carbocycles. The summed E-state index contributed by atoms with van der Waals surface area (Å²) in [5.74, 6) is -0.534. The van der Waals surface area contributed by atoms with Crippen molar-refractivity contribution < 1.29 is 9.59 Å². The van der Waals surface area contributed by atoms with Gasteiger partial charge in [0.1, 0.15) is 0 Å². The fraction of sp³-hybridized carbons (Fsp3) is 0.412. The van der Waals surface area contributed by atoms with Gasteiger partial charge >= 0.3 is 0 Å². The van der Waals surface area contributed by atoms with Crippen molar-refractivity contribution in [3.05, 3.63) is 29.8 Å². The Bertz CT molecular complexity index is 623. The molecule has 23 heavy (non-hydrogen) atoms. The van der Waals surface area contributed by atoms with Gasteiger partial charge in [-0.3, -0.25) is 9.59 Å². The lowest BCUT2D eigenvalue weighted by Gasteiger charge is -2.20. The number of rotatable bonds is 7. The van der Waals surface area contributed by atoms with Crippen molar-refractivity contribution in [3.63, 3.8) is 0 Å². The van der Waals surface area contributed by atoms with Crippen LogP contribution in [-0.4, -0.2) is 29.8 Å². The Morgan fingerprint density at radius 1 is 1.17 bits per heavy atom. The Balaban J connectivity index is 2.90. The van der Waals surface area contributed by atoms with Gasteiger partial charge in [-0.25, -0.2) is 0 Å². The van der Waals surface area contributed by atoms with E-state index in [1.54, 1.807) is 38.1 Å². The van der Waals surface area contributed by atoms with Gasteiger partial charge in [-0.2, -0.15) is 10.5 Å². The summed E-state index contributed by atoms with van der Waals surface area (Å²) in [5, 5.41) is 20.1. The van der Waals surface area contributed by atoms with E-state index in [-0.39, 0.29) is 43.7 Å². The molecule has 6 nitrogen and oxygen atoms in total. The van der Waals surface area contributed by atoms with Crippen LogP contribution in [-0.2, 0) is 4.79 Å². The molecule has 0 spiro atoms. The average molecular weight is 312 g/mol. The number of nitriles is 2. The number of amides is 2. The van der Waals surface area contributed by atoms with Crippen molar-refractivity contribution in [2.24, 2.45) is 5.92 Å². The maximum atomic E-state index is 12.5. The molecule has 1 rings (SSSR count). The largest absolute Gasteiger partial charge is 0.337 e. The summed E-state index contributed by atoms with van der Waals surface area (Å²) < 4.78 is 0. The normalized spacial score (nSPS) is 9.78. The fourth-order valence-corrected chi connectivity index (χ4v) is 1.88. The van der Waals surface area contributed by atoms with Crippen LogP contribution in [0.4, 0.5) is 5.69 Å². The van der Waals surface area contributed by atoms with E-state index in [1.165, 1.54) is 4.90 Å². The number of carbonyl (C=O) groups excluding carboxylic acids is 2. The maximum Gasteiger partial charge on any atom is 0.253 e. The van der Waals surface area contributed by atoms with Crippen LogP contribution < -0.4 is 5.32 Å². The number of benzene rings is 1. The van der Waals surface area contributed by atoms with Gasteiger partial charge in [0.15, 0.2) is 0 Å². The number of nitrogens with zero attached hydrogens (tertiary/aromatic N) is 3. The van der Waals surface area contributed by atoms with Gasteiger partial charge in [0, 0.05) is 30.3 Å². The summed E-state index contributed by atoms with van der Waals surface area (Å²) in [7, 11) is 0. The van der Waals surface area contributed by atoms with Crippen molar-refractivity contribution in [1.82, 2.24) is 4.90 Å². The summed E-state index contributed by atoms with van der Waals surface area (Å²) >= 11 is 0. The van der Waals surface area contributed by atoms with Crippen LogP contribution in [0.15, 0.2) is 24.3 Å². The van der Waals surface area contributed by atoms with Crippen LogP contribution in [0.1, 0.15) is 37.0 Å². The zero-order chi connectivity index (χ0) is 17.2. The molecule has 0 radical (unpaired) electrons. The van der Waals surface area contributed by atoms with Gasteiger partial charge in [0.05, 0.1) is 25.0 Å². The molecule has 1 N–H and O–H groups in total. The minimum Gasteiger partial charge on any atom is -0.337 e. The van der Waals surface area contributed by atoms with Gasteiger partial charge in [-0.05, 0) is 18.2 Å². The fourth-order valence-electron chi connectivity index (χ4n) is 1.88. The molecule has 0 bridgehead atoms. The first-order valence-electron chi connectivity index (χ1n) is 7.43. The smallest absolute Gasteiger partial charge is 0.253 e. The average Bonchev–Trinajstić information content (AvgIpc) is 2.54. The van der Waals surface area contributed by atoms with E-state index in [9.17, 15) is 9.59 Å². The summed E-state index contributed by atoms with van der Waals surface area (Å²) in [5.41, 5.74) is 0.970.